The Labute approximate surface area is 189 Å². The van der Waals surface area contributed by atoms with E-state index in [1.165, 1.54) is 0 Å². The van der Waals surface area contributed by atoms with Crippen LogP contribution in [0.4, 0.5) is 0 Å². The molecule has 0 radical (unpaired) electrons. The first-order chi connectivity index (χ1) is 15.6. The number of hydrogen-bond donors (Lipinski definition) is 1. The lowest BCUT2D eigenvalue weighted by molar-refractivity contribution is 0.0928. The molecule has 0 bridgehead atoms. The van der Waals surface area contributed by atoms with Crippen molar-refractivity contribution in [3.63, 3.8) is 0 Å². The quantitative estimate of drug-likeness (QED) is 0.382. The van der Waals surface area contributed by atoms with Crippen molar-refractivity contribution in [3.05, 3.63) is 108 Å². The highest BCUT2D eigenvalue weighted by Crippen LogP contribution is 2.30. The summed E-state index contributed by atoms with van der Waals surface area (Å²) in [6.45, 7) is 5.95. The molecule has 0 saturated heterocycles. The van der Waals surface area contributed by atoms with E-state index >= 15 is 0 Å². The Morgan fingerprint density at radius 3 is 2.31 bits per heavy atom. The molecular formula is C28H27N3O. The van der Waals surface area contributed by atoms with Gasteiger partial charge in [-0.25, -0.2) is 4.98 Å². The van der Waals surface area contributed by atoms with E-state index in [0.717, 1.165) is 34.5 Å². The number of hydrogen-bond acceptors (Lipinski definition) is 2. The van der Waals surface area contributed by atoms with Crippen LogP contribution in [-0.4, -0.2) is 15.5 Å². The van der Waals surface area contributed by atoms with Crippen LogP contribution in [0.2, 0.25) is 0 Å². The van der Waals surface area contributed by atoms with E-state index in [1.807, 2.05) is 96.5 Å². The standard InChI is InChI=1S/C28H27N3O/c1-4-20-13-12-18-23(19-20)25-26(31(3)27(30-25)22-16-10-7-11-17-22)28(32)29-24(5-2)21-14-8-6-9-15-21/h4,6-19,24H,1,5H2,2-3H3,(H,29,32). The summed E-state index contributed by atoms with van der Waals surface area (Å²) in [7, 11) is 1.90. The summed E-state index contributed by atoms with van der Waals surface area (Å²) in [6, 6.07) is 27.9. The Morgan fingerprint density at radius 1 is 1.00 bits per heavy atom. The molecule has 0 spiro atoms. The molecule has 0 saturated carbocycles. The van der Waals surface area contributed by atoms with E-state index in [2.05, 4.69) is 18.8 Å². The number of carbonyl (C=O) groups excluding carboxylic acids is 1. The molecule has 0 aliphatic rings. The van der Waals surface area contributed by atoms with Crippen LogP contribution in [0.25, 0.3) is 28.7 Å². The largest absolute Gasteiger partial charge is 0.344 e. The van der Waals surface area contributed by atoms with Gasteiger partial charge in [0.05, 0.1) is 6.04 Å². The van der Waals surface area contributed by atoms with E-state index in [4.69, 9.17) is 4.98 Å². The average molecular weight is 422 g/mol. The smallest absolute Gasteiger partial charge is 0.270 e. The third-order valence-corrected chi connectivity index (χ3v) is 5.65. The normalized spacial score (nSPS) is 11.7. The number of rotatable bonds is 7. The van der Waals surface area contributed by atoms with Gasteiger partial charge < -0.3 is 9.88 Å². The summed E-state index contributed by atoms with van der Waals surface area (Å²) in [6.07, 6.45) is 2.59. The van der Waals surface area contributed by atoms with Gasteiger partial charge in [0.1, 0.15) is 17.2 Å². The highest BCUT2D eigenvalue weighted by molar-refractivity contribution is 6.00. The zero-order valence-electron chi connectivity index (χ0n) is 18.5. The molecule has 1 heterocycles. The lowest BCUT2D eigenvalue weighted by atomic mass is 10.0. The van der Waals surface area contributed by atoms with Gasteiger partial charge in [0, 0.05) is 18.2 Å². The van der Waals surface area contributed by atoms with Crippen LogP contribution in [0, 0.1) is 0 Å². The van der Waals surface area contributed by atoms with Crippen molar-refractivity contribution in [2.75, 3.05) is 0 Å². The number of nitrogens with zero attached hydrogens (tertiary/aromatic N) is 2. The van der Waals surface area contributed by atoms with Gasteiger partial charge in [0.25, 0.3) is 5.91 Å². The summed E-state index contributed by atoms with van der Waals surface area (Å²) in [5.74, 6) is 0.611. The van der Waals surface area contributed by atoms with Gasteiger partial charge in [0.2, 0.25) is 0 Å². The topological polar surface area (TPSA) is 46.9 Å². The lowest BCUT2D eigenvalue weighted by Crippen LogP contribution is -2.30. The van der Waals surface area contributed by atoms with Crippen LogP contribution in [0.15, 0.2) is 91.5 Å². The summed E-state index contributed by atoms with van der Waals surface area (Å²) < 4.78 is 1.89. The van der Waals surface area contributed by atoms with Crippen molar-refractivity contribution in [2.24, 2.45) is 7.05 Å². The van der Waals surface area contributed by atoms with Crippen molar-refractivity contribution in [2.45, 2.75) is 19.4 Å². The minimum atomic E-state index is -0.142. The summed E-state index contributed by atoms with van der Waals surface area (Å²) in [5.41, 5.74) is 5.12. The van der Waals surface area contributed by atoms with E-state index < -0.39 is 0 Å². The Kier molecular flexibility index (Phi) is 6.31. The molecule has 160 valence electrons. The Bertz CT molecular complexity index is 1230. The molecule has 4 heteroatoms. The van der Waals surface area contributed by atoms with Crippen molar-refractivity contribution < 1.29 is 4.79 Å². The Morgan fingerprint density at radius 2 is 1.66 bits per heavy atom. The second-order valence-corrected chi connectivity index (χ2v) is 7.73. The van der Waals surface area contributed by atoms with Crippen molar-refractivity contribution >= 4 is 12.0 Å². The monoisotopic (exact) mass is 421 g/mol. The van der Waals surface area contributed by atoms with Gasteiger partial charge in [-0.05, 0) is 23.6 Å². The second-order valence-electron chi connectivity index (χ2n) is 7.73. The van der Waals surface area contributed by atoms with Gasteiger partial charge in [-0.2, -0.15) is 0 Å². The third-order valence-electron chi connectivity index (χ3n) is 5.65. The Balaban J connectivity index is 1.81. The van der Waals surface area contributed by atoms with Crippen molar-refractivity contribution in [1.29, 1.82) is 0 Å². The first-order valence-electron chi connectivity index (χ1n) is 10.8. The van der Waals surface area contributed by atoms with Crippen LogP contribution in [0.1, 0.15) is 41.0 Å². The van der Waals surface area contributed by atoms with E-state index in [-0.39, 0.29) is 11.9 Å². The minimum absolute atomic E-state index is 0.0777. The average Bonchev–Trinajstić information content (AvgIpc) is 3.20. The van der Waals surface area contributed by atoms with E-state index in [1.54, 1.807) is 6.08 Å². The van der Waals surface area contributed by atoms with Gasteiger partial charge in [-0.15, -0.1) is 0 Å². The highest BCUT2D eigenvalue weighted by atomic mass is 16.2. The van der Waals surface area contributed by atoms with Gasteiger partial charge in [-0.1, -0.05) is 98.4 Å². The van der Waals surface area contributed by atoms with E-state index in [0.29, 0.717) is 11.4 Å². The summed E-state index contributed by atoms with van der Waals surface area (Å²) >= 11 is 0. The zero-order chi connectivity index (χ0) is 22.5. The van der Waals surface area contributed by atoms with E-state index in [9.17, 15) is 4.79 Å². The summed E-state index contributed by atoms with van der Waals surface area (Å²) in [5, 5.41) is 3.22. The fraction of sp³-hybridized carbons (Fsp3) is 0.143. The maximum Gasteiger partial charge on any atom is 0.270 e. The molecule has 3 aromatic carbocycles. The molecule has 1 amide bonds. The lowest BCUT2D eigenvalue weighted by Gasteiger charge is -2.18. The fourth-order valence-corrected chi connectivity index (χ4v) is 3.95. The molecule has 0 aliphatic carbocycles. The molecular weight excluding hydrogens is 394 g/mol. The predicted octanol–water partition coefficient (Wildman–Crippen LogP) is 6.28. The van der Waals surface area contributed by atoms with Gasteiger partial charge >= 0.3 is 0 Å². The first kappa shape index (κ1) is 21.3. The fourth-order valence-electron chi connectivity index (χ4n) is 3.95. The number of amides is 1. The maximum absolute atomic E-state index is 13.6. The molecule has 4 rings (SSSR count). The predicted molar refractivity (Wildman–Crippen MR) is 131 cm³/mol. The van der Waals surface area contributed by atoms with Crippen LogP contribution in [0.5, 0.6) is 0 Å². The molecule has 0 aliphatic heterocycles. The number of imidazole rings is 1. The van der Waals surface area contributed by atoms with Crippen molar-refractivity contribution in [3.8, 4) is 22.6 Å². The SMILES string of the molecule is C=Cc1cccc(-c2nc(-c3ccccc3)n(C)c2C(=O)NC(CC)c2ccccc2)c1. The molecule has 1 aromatic heterocycles. The molecule has 1 N–H and O–H groups in total. The molecule has 1 unspecified atom stereocenters. The number of nitrogens with one attached hydrogen (secondary N) is 1. The molecule has 0 fully saturated rings. The van der Waals surface area contributed by atoms with Crippen LogP contribution >= 0.6 is 0 Å². The van der Waals surface area contributed by atoms with Gasteiger partial charge in [0.15, 0.2) is 0 Å². The maximum atomic E-state index is 13.6. The zero-order valence-corrected chi connectivity index (χ0v) is 18.5. The number of carbonyl (C=O) groups is 1. The van der Waals surface area contributed by atoms with Gasteiger partial charge in [-0.3, -0.25) is 4.79 Å². The molecule has 4 aromatic rings. The second kappa shape index (κ2) is 9.48. The number of benzene rings is 3. The Hall–Kier alpha value is -3.92. The number of aromatic nitrogens is 2. The summed E-state index contributed by atoms with van der Waals surface area (Å²) in [4.78, 5) is 18.5. The van der Waals surface area contributed by atoms with Crippen LogP contribution < -0.4 is 5.32 Å². The molecule has 1 atom stereocenters. The highest BCUT2D eigenvalue weighted by Gasteiger charge is 2.25. The molecule has 4 nitrogen and oxygen atoms in total. The van der Waals surface area contributed by atoms with Crippen molar-refractivity contribution in [1.82, 2.24) is 14.9 Å². The molecule has 32 heavy (non-hydrogen) atoms. The first-order valence-corrected chi connectivity index (χ1v) is 10.8. The minimum Gasteiger partial charge on any atom is -0.344 e. The third kappa shape index (κ3) is 4.26. The van der Waals surface area contributed by atoms with Crippen LogP contribution in [0.3, 0.4) is 0 Å². The van der Waals surface area contributed by atoms with Crippen LogP contribution in [-0.2, 0) is 7.05 Å².